The number of nitro groups is 1. The minimum Gasteiger partial charge on any atom is -0.426 e. The molecule has 1 heterocycles. The predicted molar refractivity (Wildman–Crippen MR) is 131 cm³/mol. The predicted octanol–water partition coefficient (Wildman–Crippen LogP) is 1.82. The van der Waals surface area contributed by atoms with Crippen LogP contribution in [-0.4, -0.2) is 57.5 Å². The first-order valence-corrected chi connectivity index (χ1v) is 11.7. The quantitative estimate of drug-likeness (QED) is 0.244. The summed E-state index contributed by atoms with van der Waals surface area (Å²) in [6.07, 6.45) is 1.12. The highest BCUT2D eigenvalue weighted by molar-refractivity contribution is 6.43. The summed E-state index contributed by atoms with van der Waals surface area (Å²) in [7, 11) is -1.73. The average molecular weight is 482 g/mol. The molecule has 0 unspecified atom stereocenters. The Balaban J connectivity index is 1.75. The molecule has 3 rings (SSSR count). The number of hydrogen-bond acceptors (Lipinski definition) is 6. The van der Waals surface area contributed by atoms with Crippen molar-refractivity contribution in [3.63, 3.8) is 0 Å². The van der Waals surface area contributed by atoms with Gasteiger partial charge in [-0.3, -0.25) is 14.9 Å². The van der Waals surface area contributed by atoms with Crippen LogP contribution in [0.3, 0.4) is 0 Å². The SMILES string of the molecule is CC(C)C[C@H](NC(=O)[C@H](Cc1ccccc1)NC(=O)N1CCc2ccc([N+](=O)[O-])cc2C1)B(O)O. The summed E-state index contributed by atoms with van der Waals surface area (Å²) in [5.41, 5.74) is 2.44. The van der Waals surface area contributed by atoms with Crippen molar-refractivity contribution < 1.29 is 24.6 Å². The molecule has 186 valence electrons. The van der Waals surface area contributed by atoms with Crippen molar-refractivity contribution in [3.05, 3.63) is 75.3 Å². The number of carbonyl (C=O) groups is 2. The zero-order valence-electron chi connectivity index (χ0n) is 19.9. The van der Waals surface area contributed by atoms with Crippen molar-refractivity contribution in [2.45, 2.75) is 51.6 Å². The molecule has 0 fully saturated rings. The molecule has 4 N–H and O–H groups in total. The summed E-state index contributed by atoms with van der Waals surface area (Å²) < 4.78 is 0. The van der Waals surface area contributed by atoms with Gasteiger partial charge in [-0.2, -0.15) is 0 Å². The van der Waals surface area contributed by atoms with E-state index in [1.54, 1.807) is 6.07 Å². The molecule has 0 bridgehead atoms. The highest BCUT2D eigenvalue weighted by Gasteiger charge is 2.31. The molecule has 0 saturated carbocycles. The third-order valence-electron chi connectivity index (χ3n) is 6.01. The lowest BCUT2D eigenvalue weighted by atomic mass is 9.75. The second kappa shape index (κ2) is 11.8. The monoisotopic (exact) mass is 482 g/mol. The molecule has 10 nitrogen and oxygen atoms in total. The standard InChI is InChI=1S/C24H31BN4O6/c1-16(2)12-22(25(32)33)27-23(30)21(13-17-6-4-3-5-7-17)26-24(31)28-11-10-18-8-9-20(29(34)35)14-19(18)15-28/h3-9,14,16,21-22,32-33H,10-13,15H2,1-2H3,(H,26,31)(H,27,30)/t21-,22-/m0/s1. The van der Waals surface area contributed by atoms with Gasteiger partial charge in [0, 0.05) is 31.6 Å². The Kier molecular flexibility index (Phi) is 8.83. The number of rotatable bonds is 9. The number of hydrogen-bond donors (Lipinski definition) is 4. The summed E-state index contributed by atoms with van der Waals surface area (Å²) in [4.78, 5) is 38.4. The summed E-state index contributed by atoms with van der Waals surface area (Å²) in [5, 5.41) is 36.0. The number of urea groups is 1. The molecule has 11 heteroatoms. The van der Waals surface area contributed by atoms with Crippen molar-refractivity contribution in [2.75, 3.05) is 6.54 Å². The van der Waals surface area contributed by atoms with Crippen molar-refractivity contribution in [3.8, 4) is 0 Å². The van der Waals surface area contributed by atoms with Gasteiger partial charge >= 0.3 is 13.1 Å². The van der Waals surface area contributed by atoms with E-state index in [1.165, 1.54) is 17.0 Å². The Morgan fingerprint density at radius 3 is 2.46 bits per heavy atom. The smallest absolute Gasteiger partial charge is 0.426 e. The maximum atomic E-state index is 13.1. The van der Waals surface area contributed by atoms with Gasteiger partial charge in [0.15, 0.2) is 0 Å². The fourth-order valence-electron chi connectivity index (χ4n) is 4.18. The Hall–Kier alpha value is -3.44. The minimum atomic E-state index is -1.73. The van der Waals surface area contributed by atoms with Gasteiger partial charge in [-0.05, 0) is 35.4 Å². The van der Waals surface area contributed by atoms with Crippen LogP contribution < -0.4 is 10.6 Å². The fourth-order valence-corrected chi connectivity index (χ4v) is 4.18. The number of fused-ring (bicyclic) bond motifs is 1. The maximum Gasteiger partial charge on any atom is 0.475 e. The molecule has 35 heavy (non-hydrogen) atoms. The molecule has 0 spiro atoms. The summed E-state index contributed by atoms with van der Waals surface area (Å²) in [5.74, 6) is -1.28. The molecule has 0 radical (unpaired) electrons. The number of benzene rings is 2. The molecule has 2 aromatic carbocycles. The number of nitrogens with zero attached hydrogens (tertiary/aromatic N) is 2. The number of nitro benzene ring substituents is 1. The van der Waals surface area contributed by atoms with Crippen molar-refractivity contribution >= 4 is 24.7 Å². The first-order valence-electron chi connectivity index (χ1n) is 11.7. The average Bonchev–Trinajstić information content (AvgIpc) is 2.82. The van der Waals surface area contributed by atoms with Crippen LogP contribution in [0.4, 0.5) is 10.5 Å². The highest BCUT2D eigenvalue weighted by Crippen LogP contribution is 2.24. The van der Waals surface area contributed by atoms with Gasteiger partial charge in [0.2, 0.25) is 5.91 Å². The molecule has 0 saturated heterocycles. The third-order valence-corrected chi connectivity index (χ3v) is 6.01. The normalized spacial score (nSPS) is 14.6. The van der Waals surface area contributed by atoms with Crippen LogP contribution in [0.1, 0.15) is 37.0 Å². The van der Waals surface area contributed by atoms with E-state index in [-0.39, 0.29) is 24.6 Å². The van der Waals surface area contributed by atoms with Crippen molar-refractivity contribution in [2.24, 2.45) is 5.92 Å². The van der Waals surface area contributed by atoms with Crippen LogP contribution in [0.5, 0.6) is 0 Å². The van der Waals surface area contributed by atoms with E-state index in [2.05, 4.69) is 10.6 Å². The third kappa shape index (κ3) is 7.27. The lowest BCUT2D eigenvalue weighted by Crippen LogP contribution is -2.57. The van der Waals surface area contributed by atoms with Gasteiger partial charge in [0.25, 0.3) is 5.69 Å². The maximum absolute atomic E-state index is 13.1. The second-order valence-corrected chi connectivity index (χ2v) is 9.23. The van der Waals surface area contributed by atoms with Gasteiger partial charge in [0.05, 0.1) is 10.9 Å². The van der Waals surface area contributed by atoms with E-state index in [0.29, 0.717) is 24.9 Å². The molecule has 1 aliphatic heterocycles. The summed E-state index contributed by atoms with van der Waals surface area (Å²) >= 11 is 0. The van der Waals surface area contributed by atoms with Gasteiger partial charge in [-0.1, -0.05) is 50.2 Å². The fraction of sp³-hybridized carbons (Fsp3) is 0.417. The van der Waals surface area contributed by atoms with Crippen LogP contribution in [-0.2, 0) is 24.2 Å². The van der Waals surface area contributed by atoms with Crippen molar-refractivity contribution in [1.29, 1.82) is 0 Å². The second-order valence-electron chi connectivity index (χ2n) is 9.23. The van der Waals surface area contributed by atoms with Crippen LogP contribution >= 0.6 is 0 Å². The Bertz CT molecular complexity index is 1050. The van der Waals surface area contributed by atoms with E-state index in [4.69, 9.17) is 0 Å². The zero-order chi connectivity index (χ0) is 25.5. The number of non-ortho nitro benzene ring substituents is 1. The minimum absolute atomic E-state index is 0.0360. The van der Waals surface area contributed by atoms with E-state index in [9.17, 15) is 29.8 Å². The van der Waals surface area contributed by atoms with Crippen LogP contribution in [0, 0.1) is 16.0 Å². The van der Waals surface area contributed by atoms with Gasteiger partial charge in [0.1, 0.15) is 6.04 Å². The number of amides is 3. The van der Waals surface area contributed by atoms with Gasteiger partial charge in [-0.25, -0.2) is 4.79 Å². The lowest BCUT2D eigenvalue weighted by molar-refractivity contribution is -0.385. The number of nitrogens with one attached hydrogen (secondary N) is 2. The molecule has 0 aliphatic carbocycles. The largest absolute Gasteiger partial charge is 0.475 e. The summed E-state index contributed by atoms with van der Waals surface area (Å²) in [6, 6.07) is 12.4. The lowest BCUT2D eigenvalue weighted by Gasteiger charge is -2.31. The molecule has 0 aromatic heterocycles. The molecule has 1 aliphatic rings. The topological polar surface area (TPSA) is 145 Å². The molecule has 2 atom stereocenters. The van der Waals surface area contributed by atoms with Crippen LogP contribution in [0.15, 0.2) is 48.5 Å². The van der Waals surface area contributed by atoms with Gasteiger partial charge < -0.3 is 25.6 Å². The molecular formula is C24H31BN4O6. The Morgan fingerprint density at radius 2 is 1.83 bits per heavy atom. The summed E-state index contributed by atoms with van der Waals surface area (Å²) in [6.45, 7) is 4.40. The first-order chi connectivity index (χ1) is 16.6. The Labute approximate surface area is 204 Å². The van der Waals surface area contributed by atoms with Crippen molar-refractivity contribution in [1.82, 2.24) is 15.5 Å². The Morgan fingerprint density at radius 1 is 1.11 bits per heavy atom. The van der Waals surface area contributed by atoms with E-state index in [0.717, 1.165) is 11.1 Å². The van der Waals surface area contributed by atoms with E-state index >= 15 is 0 Å². The van der Waals surface area contributed by atoms with E-state index in [1.807, 2.05) is 44.2 Å². The highest BCUT2D eigenvalue weighted by atomic mass is 16.6. The first kappa shape index (κ1) is 26.2. The molecule has 3 amide bonds. The zero-order valence-corrected chi connectivity index (χ0v) is 19.9. The van der Waals surface area contributed by atoms with Crippen LogP contribution in [0.2, 0.25) is 0 Å². The van der Waals surface area contributed by atoms with Crippen LogP contribution in [0.25, 0.3) is 0 Å². The number of carbonyl (C=O) groups excluding carboxylic acids is 2. The van der Waals surface area contributed by atoms with E-state index < -0.39 is 36.0 Å². The van der Waals surface area contributed by atoms with Gasteiger partial charge in [-0.15, -0.1) is 0 Å². The molecule has 2 aromatic rings. The molecular weight excluding hydrogens is 451 g/mol.